The molecule has 0 aliphatic heterocycles. The van der Waals surface area contributed by atoms with E-state index in [1.54, 1.807) is 0 Å². The Labute approximate surface area is 169 Å². The van der Waals surface area contributed by atoms with Gasteiger partial charge >= 0.3 is 0 Å². The van der Waals surface area contributed by atoms with Crippen molar-refractivity contribution in [3.05, 3.63) is 101 Å². The minimum Gasteiger partial charge on any atom is -0.439 e. The predicted octanol–water partition coefficient (Wildman–Crippen LogP) is 7.27. The lowest BCUT2D eigenvalue weighted by Gasteiger charge is -2.16. The third-order valence-electron chi connectivity index (χ3n) is 4.09. The van der Waals surface area contributed by atoms with E-state index in [9.17, 15) is 0 Å². The minimum absolute atomic E-state index is 0.0155. The summed E-state index contributed by atoms with van der Waals surface area (Å²) in [6.07, 6.45) is 0. The minimum atomic E-state index is -0.0155. The van der Waals surface area contributed by atoms with Gasteiger partial charge in [0, 0.05) is 15.4 Å². The average Bonchev–Trinajstić information content (AvgIpc) is 2.68. The van der Waals surface area contributed by atoms with Crippen molar-refractivity contribution >= 4 is 42.8 Å². The van der Waals surface area contributed by atoms with Crippen LogP contribution in [0.5, 0.6) is 11.6 Å². The van der Waals surface area contributed by atoms with Gasteiger partial charge < -0.3 is 4.74 Å². The lowest BCUT2D eigenvalue weighted by molar-refractivity contribution is 0.459. The molecule has 1 unspecified atom stereocenters. The van der Waals surface area contributed by atoms with Gasteiger partial charge in [-0.2, -0.15) is 0 Å². The van der Waals surface area contributed by atoms with Gasteiger partial charge in [-0.05, 0) is 42.0 Å². The molecule has 3 aromatic carbocycles. The van der Waals surface area contributed by atoms with Crippen LogP contribution in [0.3, 0.4) is 0 Å². The molecule has 0 saturated carbocycles. The highest BCUT2D eigenvalue weighted by atomic mass is 79.9. The number of hydrogen-bond acceptors (Lipinski definition) is 2. The van der Waals surface area contributed by atoms with Gasteiger partial charge in [0.15, 0.2) is 0 Å². The fourth-order valence-electron chi connectivity index (χ4n) is 2.81. The molecule has 0 saturated heterocycles. The van der Waals surface area contributed by atoms with Gasteiger partial charge in [0.2, 0.25) is 5.88 Å². The molecule has 4 rings (SSSR count). The Morgan fingerprint density at radius 3 is 2.23 bits per heavy atom. The van der Waals surface area contributed by atoms with Crippen molar-refractivity contribution in [1.82, 2.24) is 4.98 Å². The largest absolute Gasteiger partial charge is 0.439 e. The Balaban J connectivity index is 1.85. The molecule has 0 fully saturated rings. The van der Waals surface area contributed by atoms with Crippen LogP contribution < -0.4 is 4.74 Å². The van der Waals surface area contributed by atoms with Crippen LogP contribution in [0.25, 0.3) is 10.9 Å². The van der Waals surface area contributed by atoms with Gasteiger partial charge in [-0.25, -0.2) is 4.98 Å². The number of para-hydroxylation sites is 1. The Morgan fingerprint density at radius 1 is 0.808 bits per heavy atom. The quantitative estimate of drug-likeness (QED) is 0.293. The zero-order valence-corrected chi connectivity index (χ0v) is 16.9. The molecule has 1 aromatic heterocycles. The molecule has 26 heavy (non-hydrogen) atoms. The number of ether oxygens (including phenoxy) is 1. The van der Waals surface area contributed by atoms with Gasteiger partial charge in [-0.1, -0.05) is 80.4 Å². The number of rotatable bonds is 4. The number of pyridine rings is 1. The van der Waals surface area contributed by atoms with Crippen LogP contribution in [0.4, 0.5) is 0 Å². The van der Waals surface area contributed by atoms with Crippen molar-refractivity contribution in [1.29, 1.82) is 0 Å². The first kappa shape index (κ1) is 17.3. The van der Waals surface area contributed by atoms with Crippen LogP contribution in [0.1, 0.15) is 16.0 Å². The fourth-order valence-corrected chi connectivity index (χ4v) is 3.82. The molecule has 0 radical (unpaired) electrons. The molecule has 4 heteroatoms. The molecule has 0 bridgehead atoms. The summed E-state index contributed by atoms with van der Waals surface area (Å²) in [5, 5.41) is 1.06. The van der Waals surface area contributed by atoms with Crippen molar-refractivity contribution in [3.8, 4) is 11.6 Å². The molecule has 4 aromatic rings. The zero-order valence-electron chi connectivity index (χ0n) is 13.8. The first-order chi connectivity index (χ1) is 12.7. The highest BCUT2D eigenvalue weighted by molar-refractivity contribution is 9.10. The number of benzene rings is 3. The van der Waals surface area contributed by atoms with Gasteiger partial charge in [0.05, 0.1) is 10.3 Å². The lowest BCUT2D eigenvalue weighted by atomic mass is 10.0. The van der Waals surface area contributed by atoms with Crippen molar-refractivity contribution < 1.29 is 4.74 Å². The summed E-state index contributed by atoms with van der Waals surface area (Å²) < 4.78 is 7.17. The number of nitrogens with zero attached hydrogens (tertiary/aromatic N) is 1. The SMILES string of the molecule is Brc1ccc2nc(Oc3ccccc3)c(C(Br)c3ccccc3)cc2c1. The number of halogens is 2. The number of aromatic nitrogens is 1. The second kappa shape index (κ2) is 7.60. The molecule has 0 spiro atoms. The Kier molecular flexibility index (Phi) is 5.05. The van der Waals surface area contributed by atoms with Crippen LogP contribution in [0.15, 0.2) is 89.4 Å². The van der Waals surface area contributed by atoms with E-state index in [1.165, 1.54) is 0 Å². The molecule has 0 N–H and O–H groups in total. The summed E-state index contributed by atoms with van der Waals surface area (Å²) in [5.41, 5.74) is 3.04. The Hall–Kier alpha value is -2.17. The van der Waals surface area contributed by atoms with Crippen LogP contribution in [0, 0.1) is 0 Å². The van der Waals surface area contributed by atoms with Crippen LogP contribution in [-0.4, -0.2) is 4.98 Å². The van der Waals surface area contributed by atoms with E-state index in [-0.39, 0.29) is 4.83 Å². The second-order valence-corrected chi connectivity index (χ2v) is 7.74. The van der Waals surface area contributed by atoms with Crippen molar-refractivity contribution in [3.63, 3.8) is 0 Å². The van der Waals surface area contributed by atoms with Gasteiger partial charge in [0.1, 0.15) is 5.75 Å². The average molecular weight is 469 g/mol. The fraction of sp³-hybridized carbons (Fsp3) is 0.0455. The molecule has 0 amide bonds. The summed E-state index contributed by atoms with van der Waals surface area (Å²) in [7, 11) is 0. The summed E-state index contributed by atoms with van der Waals surface area (Å²) in [4.78, 5) is 4.77. The van der Waals surface area contributed by atoms with E-state index in [0.29, 0.717) is 5.88 Å². The molecule has 0 aliphatic rings. The van der Waals surface area contributed by atoms with E-state index >= 15 is 0 Å². The van der Waals surface area contributed by atoms with Crippen LogP contribution >= 0.6 is 31.9 Å². The van der Waals surface area contributed by atoms with Crippen LogP contribution in [0.2, 0.25) is 0 Å². The smallest absolute Gasteiger partial charge is 0.224 e. The van der Waals surface area contributed by atoms with Crippen molar-refractivity contribution in [2.24, 2.45) is 0 Å². The van der Waals surface area contributed by atoms with E-state index < -0.39 is 0 Å². The standard InChI is InChI=1S/C22H15Br2NO/c23-17-11-12-20-16(13-17)14-19(21(24)15-7-3-1-4-8-15)22(25-20)26-18-9-5-2-6-10-18/h1-14,21H. The summed E-state index contributed by atoms with van der Waals surface area (Å²) in [6, 6.07) is 28.2. The summed E-state index contributed by atoms with van der Waals surface area (Å²) in [5.74, 6) is 1.38. The Bertz CT molecular complexity index is 1040. The maximum Gasteiger partial charge on any atom is 0.224 e. The first-order valence-corrected chi connectivity index (χ1v) is 9.94. The van der Waals surface area contributed by atoms with E-state index in [1.807, 2.05) is 60.7 Å². The van der Waals surface area contributed by atoms with Crippen molar-refractivity contribution in [2.75, 3.05) is 0 Å². The number of hydrogen-bond donors (Lipinski definition) is 0. The molecular weight excluding hydrogens is 454 g/mol. The first-order valence-electron chi connectivity index (χ1n) is 8.23. The Morgan fingerprint density at radius 2 is 1.50 bits per heavy atom. The summed E-state index contributed by atoms with van der Waals surface area (Å²) in [6.45, 7) is 0. The molecule has 2 nitrogen and oxygen atoms in total. The molecule has 1 heterocycles. The van der Waals surface area contributed by atoms with Crippen molar-refractivity contribution in [2.45, 2.75) is 4.83 Å². The highest BCUT2D eigenvalue weighted by Crippen LogP contribution is 2.39. The second-order valence-electron chi connectivity index (χ2n) is 5.91. The molecular formula is C22H15Br2NO. The maximum atomic E-state index is 6.14. The number of fused-ring (bicyclic) bond motifs is 1. The van der Waals surface area contributed by atoms with E-state index in [0.717, 1.165) is 32.3 Å². The molecule has 0 aliphatic carbocycles. The maximum absolute atomic E-state index is 6.14. The van der Waals surface area contributed by atoms with Gasteiger partial charge in [-0.3, -0.25) is 0 Å². The number of alkyl halides is 1. The predicted molar refractivity (Wildman–Crippen MR) is 113 cm³/mol. The zero-order chi connectivity index (χ0) is 17.9. The third kappa shape index (κ3) is 3.67. The van der Waals surface area contributed by atoms with Gasteiger partial charge in [0.25, 0.3) is 0 Å². The van der Waals surface area contributed by atoms with E-state index in [2.05, 4.69) is 56.1 Å². The molecule has 128 valence electrons. The topological polar surface area (TPSA) is 22.1 Å². The molecule has 1 atom stereocenters. The normalized spacial score (nSPS) is 12.1. The highest BCUT2D eigenvalue weighted by Gasteiger charge is 2.18. The lowest BCUT2D eigenvalue weighted by Crippen LogP contribution is -2.00. The third-order valence-corrected chi connectivity index (χ3v) is 5.61. The van der Waals surface area contributed by atoms with Gasteiger partial charge in [-0.15, -0.1) is 0 Å². The van der Waals surface area contributed by atoms with E-state index in [4.69, 9.17) is 9.72 Å². The monoisotopic (exact) mass is 467 g/mol. The summed E-state index contributed by atoms with van der Waals surface area (Å²) >= 11 is 7.37. The van der Waals surface area contributed by atoms with Crippen LogP contribution in [-0.2, 0) is 0 Å².